The van der Waals surface area contributed by atoms with Gasteiger partial charge in [0.2, 0.25) is 0 Å². The summed E-state index contributed by atoms with van der Waals surface area (Å²) in [7, 11) is -1.62. The molecule has 5 heteroatoms. The lowest BCUT2D eigenvalue weighted by Gasteiger charge is -2.33. The molecule has 0 saturated heterocycles. The van der Waals surface area contributed by atoms with Crippen LogP contribution in [0.4, 0.5) is 0 Å². The highest BCUT2D eigenvalue weighted by Crippen LogP contribution is 2.28. The van der Waals surface area contributed by atoms with Crippen LogP contribution in [0.5, 0.6) is 0 Å². The fraction of sp³-hybridized carbons (Fsp3) is 1.00. The van der Waals surface area contributed by atoms with Gasteiger partial charge in [-0.3, -0.25) is 0 Å². The van der Waals surface area contributed by atoms with Gasteiger partial charge in [-0.1, -0.05) is 40.0 Å². The van der Waals surface area contributed by atoms with Crippen LogP contribution in [0.1, 0.15) is 53.9 Å². The van der Waals surface area contributed by atoms with E-state index in [1.54, 1.807) is 0 Å². The Balaban J connectivity index is 4.66. The fourth-order valence-electron chi connectivity index (χ4n) is 2.51. The van der Waals surface area contributed by atoms with Crippen LogP contribution >= 0.6 is 0 Å². The van der Waals surface area contributed by atoms with Gasteiger partial charge in [-0.2, -0.15) is 0 Å². The topological polar surface area (TPSA) is 27.7 Å². The van der Waals surface area contributed by atoms with E-state index >= 15 is 0 Å². The second-order valence-corrected chi connectivity index (χ2v) is 10.8. The van der Waals surface area contributed by atoms with Crippen molar-refractivity contribution in [2.24, 2.45) is 0 Å². The van der Waals surface area contributed by atoms with Crippen LogP contribution in [-0.2, 0) is 11.1 Å². The Morgan fingerprint density at radius 3 is 1.39 bits per heavy atom. The third kappa shape index (κ3) is 7.28. The molecule has 0 aromatic rings. The highest BCUT2D eigenvalue weighted by atomic mass is 28.4. The quantitative estimate of drug-likeness (QED) is 0.503. The van der Waals surface area contributed by atoms with Gasteiger partial charge in [0.25, 0.3) is 0 Å². The van der Waals surface area contributed by atoms with Crippen molar-refractivity contribution in [2.75, 3.05) is 13.2 Å². The van der Waals surface area contributed by atoms with E-state index in [-0.39, 0.29) is 0 Å². The summed E-state index contributed by atoms with van der Waals surface area (Å²) in [5.74, 6) is 0. The first-order valence-corrected chi connectivity index (χ1v) is 11.5. The summed E-state index contributed by atoms with van der Waals surface area (Å²) in [6.07, 6.45) is 3.64. The molecule has 3 nitrogen and oxygen atoms in total. The third-order valence-corrected chi connectivity index (χ3v) is 11.3. The van der Waals surface area contributed by atoms with Crippen molar-refractivity contribution in [2.45, 2.75) is 72.0 Å². The van der Waals surface area contributed by atoms with E-state index in [1.165, 1.54) is 37.4 Å². The summed E-state index contributed by atoms with van der Waals surface area (Å²) in [5.41, 5.74) is 0. The van der Waals surface area contributed by atoms with Gasteiger partial charge in [-0.15, -0.1) is 0 Å². The van der Waals surface area contributed by atoms with E-state index in [2.05, 4.69) is 20.8 Å². The second-order valence-electron chi connectivity index (χ2n) is 4.75. The molecule has 0 N–H and O–H groups in total. The molecule has 0 saturated carbocycles. The highest BCUT2D eigenvalue weighted by Gasteiger charge is 2.42. The largest absolute Gasteiger partial charge is 0.894 e. The van der Waals surface area contributed by atoms with Crippen molar-refractivity contribution in [1.29, 1.82) is 0 Å². The molecule has 0 aromatic carbocycles. The molecule has 0 aliphatic rings. The van der Waals surface area contributed by atoms with Gasteiger partial charge in [0.1, 0.15) is 0 Å². The van der Waals surface area contributed by atoms with E-state index in [4.69, 9.17) is 11.1 Å². The molecule has 0 spiro atoms. The maximum Gasteiger partial charge on any atom is 0.894 e. The van der Waals surface area contributed by atoms with Crippen LogP contribution < -0.4 is 0 Å². The van der Waals surface area contributed by atoms with Crippen molar-refractivity contribution >= 4 is 23.5 Å². The van der Waals surface area contributed by atoms with Crippen molar-refractivity contribution < 1.29 is 11.1 Å². The van der Waals surface area contributed by atoms with Crippen LogP contribution in [-0.4, -0.2) is 36.7 Å². The Labute approximate surface area is 120 Å². The molecule has 0 radical (unpaired) electrons. The zero-order valence-electron chi connectivity index (χ0n) is 13.0. The second kappa shape index (κ2) is 11.5. The predicted molar refractivity (Wildman–Crippen MR) is 81.1 cm³/mol. The highest BCUT2D eigenvalue weighted by molar-refractivity contribution is 6.78. The van der Waals surface area contributed by atoms with Gasteiger partial charge in [0.05, 0.1) is 0 Å². The SMILES string of the molecule is CCC[Si](CCC)(CCC)[O][Al]([O]CC)[O]CC. The number of hydrogen-bond donors (Lipinski definition) is 0. The van der Waals surface area contributed by atoms with Crippen LogP contribution in [0.25, 0.3) is 0 Å². The van der Waals surface area contributed by atoms with Gasteiger partial charge >= 0.3 is 15.1 Å². The van der Waals surface area contributed by atoms with Crippen molar-refractivity contribution in [1.82, 2.24) is 0 Å². The Hall–Kier alpha value is 0.629. The fourth-order valence-corrected chi connectivity index (χ4v) is 10.2. The molecule has 0 rings (SSSR count). The van der Waals surface area contributed by atoms with E-state index < -0.39 is 23.5 Å². The van der Waals surface area contributed by atoms with Gasteiger partial charge < -0.3 is 11.1 Å². The van der Waals surface area contributed by atoms with Gasteiger partial charge in [0, 0.05) is 13.2 Å². The van der Waals surface area contributed by atoms with Crippen LogP contribution in [0, 0.1) is 0 Å². The summed E-state index contributed by atoms with van der Waals surface area (Å²) in [6.45, 7) is 12.2. The maximum absolute atomic E-state index is 6.47. The summed E-state index contributed by atoms with van der Waals surface area (Å²) >= 11 is -1.89. The lowest BCUT2D eigenvalue weighted by atomic mass is 10.6. The molecular weight excluding hydrogens is 259 g/mol. The molecule has 18 heavy (non-hydrogen) atoms. The molecule has 0 bridgehead atoms. The Bertz CT molecular complexity index is 170. The Morgan fingerprint density at radius 2 is 1.11 bits per heavy atom. The molecular formula is C13H31AlO3Si. The van der Waals surface area contributed by atoms with E-state index in [1.807, 2.05) is 13.8 Å². The smallest absolute Gasteiger partial charge is 0.498 e. The molecule has 0 atom stereocenters. The zero-order valence-corrected chi connectivity index (χ0v) is 15.1. The molecule has 108 valence electrons. The summed E-state index contributed by atoms with van der Waals surface area (Å²) < 4.78 is 17.9. The summed E-state index contributed by atoms with van der Waals surface area (Å²) in [6, 6.07) is 3.75. The molecule has 0 aliphatic carbocycles. The molecule has 0 aromatic heterocycles. The van der Waals surface area contributed by atoms with E-state index in [9.17, 15) is 0 Å². The minimum atomic E-state index is -1.89. The minimum Gasteiger partial charge on any atom is -0.498 e. The first-order chi connectivity index (χ1) is 8.67. The first-order valence-electron chi connectivity index (χ1n) is 7.58. The molecule has 0 amide bonds. The maximum atomic E-state index is 6.47. The molecule has 0 fully saturated rings. The molecule has 0 heterocycles. The van der Waals surface area contributed by atoms with Gasteiger partial charge in [-0.05, 0) is 32.0 Å². The summed E-state index contributed by atoms with van der Waals surface area (Å²) in [5, 5.41) is 0. The lowest BCUT2D eigenvalue weighted by molar-refractivity contribution is 0.148. The molecule has 0 unspecified atom stereocenters. The monoisotopic (exact) mass is 290 g/mol. The normalized spacial score (nSPS) is 11.8. The van der Waals surface area contributed by atoms with Crippen LogP contribution in [0.3, 0.4) is 0 Å². The Morgan fingerprint density at radius 1 is 0.722 bits per heavy atom. The van der Waals surface area contributed by atoms with Crippen LogP contribution in [0.15, 0.2) is 0 Å². The molecule has 0 aliphatic heterocycles. The minimum absolute atomic E-state index is 0.700. The van der Waals surface area contributed by atoms with Gasteiger partial charge in [-0.25, -0.2) is 0 Å². The number of rotatable bonds is 12. The third-order valence-electron chi connectivity index (χ3n) is 3.07. The van der Waals surface area contributed by atoms with Gasteiger partial charge in [0.15, 0.2) is 8.32 Å². The van der Waals surface area contributed by atoms with Crippen LogP contribution in [0.2, 0.25) is 18.1 Å². The van der Waals surface area contributed by atoms with E-state index in [0.717, 1.165) is 0 Å². The van der Waals surface area contributed by atoms with E-state index in [0.29, 0.717) is 13.2 Å². The average molecular weight is 290 g/mol. The average Bonchev–Trinajstić information content (AvgIpc) is 2.30. The number of hydrogen-bond acceptors (Lipinski definition) is 3. The first kappa shape index (κ1) is 18.6. The zero-order chi connectivity index (χ0) is 13.9. The van der Waals surface area contributed by atoms with Crippen molar-refractivity contribution in [3.8, 4) is 0 Å². The Kier molecular flexibility index (Phi) is 11.9. The lowest BCUT2D eigenvalue weighted by Crippen LogP contribution is -2.45. The predicted octanol–water partition coefficient (Wildman–Crippen LogP) is 4.24. The van der Waals surface area contributed by atoms with Crippen molar-refractivity contribution in [3.63, 3.8) is 0 Å². The summed E-state index contributed by atoms with van der Waals surface area (Å²) in [4.78, 5) is 0. The standard InChI is InChI=1S/C9H21OSi.2C2H5O.Al/c1-4-7-11(10,8-5-2)9-6-3;2*1-2-3;/h4-9H2,1-3H3;2*2H2,1H3;/q3*-1;+3. The van der Waals surface area contributed by atoms with Crippen molar-refractivity contribution in [3.05, 3.63) is 0 Å².